The van der Waals surface area contributed by atoms with E-state index >= 15 is 0 Å². The van der Waals surface area contributed by atoms with E-state index in [1.54, 1.807) is 4.80 Å². The monoisotopic (exact) mass is 361 g/mol. The van der Waals surface area contributed by atoms with Gasteiger partial charge in [0.1, 0.15) is 0 Å². The Bertz CT molecular complexity index is 884. The Hall–Kier alpha value is -2.53. The summed E-state index contributed by atoms with van der Waals surface area (Å²) in [5.74, 6) is 0.703. The molecule has 0 radical (unpaired) electrons. The molecule has 1 atom stereocenters. The van der Waals surface area contributed by atoms with Crippen molar-refractivity contribution in [2.24, 2.45) is 0 Å². The number of hydrogen-bond donors (Lipinski definition) is 0. The van der Waals surface area contributed by atoms with Crippen molar-refractivity contribution in [2.45, 2.75) is 45.7 Å². The van der Waals surface area contributed by atoms with Gasteiger partial charge in [-0.3, -0.25) is 4.90 Å². The summed E-state index contributed by atoms with van der Waals surface area (Å²) >= 11 is 0. The standard InChI is InChI=1S/C22H27N5/c1-17-9-11-19(12-10-17)22-23-25-27(24-22)15-5-14-26-13-4-8-21(26)20-7-3-6-18(2)16-20/h3,6-7,9-12,16,21H,4-5,8,13-15H2,1-2H3. The van der Waals surface area contributed by atoms with Crippen LogP contribution in [-0.4, -0.2) is 38.2 Å². The summed E-state index contributed by atoms with van der Waals surface area (Å²) < 4.78 is 0. The Kier molecular flexibility index (Phi) is 5.30. The molecule has 2 aromatic carbocycles. The van der Waals surface area contributed by atoms with Crippen LogP contribution in [0.15, 0.2) is 48.5 Å². The van der Waals surface area contributed by atoms with Crippen LogP contribution in [0.1, 0.15) is 42.0 Å². The van der Waals surface area contributed by atoms with Gasteiger partial charge in [-0.15, -0.1) is 10.2 Å². The molecular formula is C22H27N5. The Morgan fingerprint density at radius 3 is 2.67 bits per heavy atom. The first-order chi connectivity index (χ1) is 13.2. The lowest BCUT2D eigenvalue weighted by molar-refractivity contribution is 0.245. The molecule has 1 unspecified atom stereocenters. The van der Waals surface area contributed by atoms with Gasteiger partial charge in [0.15, 0.2) is 0 Å². The third kappa shape index (κ3) is 4.25. The number of benzene rings is 2. The molecule has 0 saturated carbocycles. The summed E-state index contributed by atoms with van der Waals surface area (Å²) in [6, 6.07) is 17.7. The molecule has 0 amide bonds. The maximum absolute atomic E-state index is 4.54. The van der Waals surface area contributed by atoms with Crippen molar-refractivity contribution >= 4 is 0 Å². The average Bonchev–Trinajstić information content (AvgIpc) is 3.32. The van der Waals surface area contributed by atoms with E-state index in [1.165, 1.54) is 36.1 Å². The smallest absolute Gasteiger partial charge is 0.204 e. The van der Waals surface area contributed by atoms with E-state index in [-0.39, 0.29) is 0 Å². The fourth-order valence-electron chi connectivity index (χ4n) is 3.92. The molecule has 1 aromatic heterocycles. The first-order valence-electron chi connectivity index (χ1n) is 9.84. The van der Waals surface area contributed by atoms with Gasteiger partial charge in [0.05, 0.1) is 6.54 Å². The molecule has 5 heteroatoms. The SMILES string of the molecule is Cc1ccc(-c2nnn(CCCN3CCCC3c3cccc(C)c3)n2)cc1. The van der Waals surface area contributed by atoms with E-state index in [0.717, 1.165) is 25.1 Å². The van der Waals surface area contributed by atoms with Crippen molar-refractivity contribution in [1.82, 2.24) is 25.1 Å². The van der Waals surface area contributed by atoms with E-state index < -0.39 is 0 Å². The Morgan fingerprint density at radius 2 is 1.85 bits per heavy atom. The molecule has 0 spiro atoms. The summed E-state index contributed by atoms with van der Waals surface area (Å²) in [6.45, 7) is 7.30. The quantitative estimate of drug-likeness (QED) is 0.661. The van der Waals surface area contributed by atoms with Gasteiger partial charge in [-0.25, -0.2) is 0 Å². The van der Waals surface area contributed by atoms with Crippen molar-refractivity contribution < 1.29 is 0 Å². The van der Waals surface area contributed by atoms with Gasteiger partial charge in [-0.1, -0.05) is 59.7 Å². The third-order valence-electron chi connectivity index (χ3n) is 5.36. The second kappa shape index (κ2) is 8.01. The fraction of sp³-hybridized carbons (Fsp3) is 0.409. The lowest BCUT2D eigenvalue weighted by Gasteiger charge is -2.25. The zero-order valence-electron chi connectivity index (χ0n) is 16.2. The maximum Gasteiger partial charge on any atom is 0.204 e. The van der Waals surface area contributed by atoms with E-state index in [0.29, 0.717) is 11.9 Å². The highest BCUT2D eigenvalue weighted by molar-refractivity contribution is 5.53. The van der Waals surface area contributed by atoms with Gasteiger partial charge in [0.2, 0.25) is 5.82 Å². The summed E-state index contributed by atoms with van der Waals surface area (Å²) in [6.07, 6.45) is 3.56. The second-order valence-corrected chi connectivity index (χ2v) is 7.54. The predicted octanol–water partition coefficient (Wildman–Crippen LogP) is 4.18. The number of rotatable bonds is 6. The fourth-order valence-corrected chi connectivity index (χ4v) is 3.92. The lowest BCUT2D eigenvalue weighted by Crippen LogP contribution is -2.25. The molecule has 1 saturated heterocycles. The van der Waals surface area contributed by atoms with Crippen molar-refractivity contribution in [3.8, 4) is 11.4 Å². The second-order valence-electron chi connectivity index (χ2n) is 7.54. The first-order valence-corrected chi connectivity index (χ1v) is 9.84. The minimum absolute atomic E-state index is 0.553. The number of aromatic nitrogens is 4. The molecule has 5 nitrogen and oxygen atoms in total. The van der Waals surface area contributed by atoms with Crippen molar-refractivity contribution in [1.29, 1.82) is 0 Å². The topological polar surface area (TPSA) is 46.8 Å². The van der Waals surface area contributed by atoms with Gasteiger partial charge in [0.25, 0.3) is 0 Å². The molecule has 1 aliphatic heterocycles. The molecule has 27 heavy (non-hydrogen) atoms. The van der Waals surface area contributed by atoms with Crippen LogP contribution in [0, 0.1) is 13.8 Å². The van der Waals surface area contributed by atoms with Crippen LogP contribution in [0.4, 0.5) is 0 Å². The van der Waals surface area contributed by atoms with Crippen LogP contribution in [0.5, 0.6) is 0 Å². The van der Waals surface area contributed by atoms with Gasteiger partial charge in [0, 0.05) is 18.2 Å². The zero-order chi connectivity index (χ0) is 18.6. The Labute approximate surface area is 161 Å². The summed E-state index contributed by atoms with van der Waals surface area (Å²) in [5, 5.41) is 13.0. The van der Waals surface area contributed by atoms with Gasteiger partial charge in [-0.2, -0.15) is 4.80 Å². The van der Waals surface area contributed by atoms with E-state index in [2.05, 4.69) is 70.6 Å². The van der Waals surface area contributed by atoms with E-state index in [4.69, 9.17) is 0 Å². The lowest BCUT2D eigenvalue weighted by atomic mass is 10.0. The van der Waals surface area contributed by atoms with Crippen LogP contribution in [0.2, 0.25) is 0 Å². The minimum Gasteiger partial charge on any atom is -0.296 e. The van der Waals surface area contributed by atoms with Gasteiger partial charge >= 0.3 is 0 Å². The highest BCUT2D eigenvalue weighted by atomic mass is 15.6. The molecule has 4 rings (SSSR count). The van der Waals surface area contributed by atoms with Crippen LogP contribution >= 0.6 is 0 Å². The molecule has 0 aliphatic carbocycles. The van der Waals surface area contributed by atoms with Crippen LogP contribution in [0.3, 0.4) is 0 Å². The number of nitrogens with zero attached hydrogens (tertiary/aromatic N) is 5. The number of tetrazole rings is 1. The van der Waals surface area contributed by atoms with Crippen molar-refractivity contribution in [3.63, 3.8) is 0 Å². The van der Waals surface area contributed by atoms with Gasteiger partial charge in [-0.05, 0) is 50.4 Å². The molecule has 1 fully saturated rings. The highest BCUT2D eigenvalue weighted by Gasteiger charge is 2.25. The molecule has 140 valence electrons. The van der Waals surface area contributed by atoms with E-state index in [9.17, 15) is 0 Å². The van der Waals surface area contributed by atoms with Crippen molar-refractivity contribution in [3.05, 3.63) is 65.2 Å². The first kappa shape index (κ1) is 17.9. The number of aryl methyl sites for hydroxylation is 3. The zero-order valence-corrected chi connectivity index (χ0v) is 16.2. The minimum atomic E-state index is 0.553. The molecule has 1 aliphatic rings. The molecular weight excluding hydrogens is 334 g/mol. The molecule has 0 N–H and O–H groups in total. The third-order valence-corrected chi connectivity index (χ3v) is 5.36. The Balaban J connectivity index is 1.34. The Morgan fingerprint density at radius 1 is 1.00 bits per heavy atom. The highest BCUT2D eigenvalue weighted by Crippen LogP contribution is 2.32. The van der Waals surface area contributed by atoms with Gasteiger partial charge < -0.3 is 0 Å². The van der Waals surface area contributed by atoms with Crippen LogP contribution in [-0.2, 0) is 6.54 Å². The largest absolute Gasteiger partial charge is 0.296 e. The van der Waals surface area contributed by atoms with Crippen LogP contribution in [0.25, 0.3) is 11.4 Å². The molecule has 3 aromatic rings. The summed E-state index contributed by atoms with van der Waals surface area (Å²) in [4.78, 5) is 4.33. The number of hydrogen-bond acceptors (Lipinski definition) is 4. The summed E-state index contributed by atoms with van der Waals surface area (Å²) in [5.41, 5.74) is 5.05. The summed E-state index contributed by atoms with van der Waals surface area (Å²) in [7, 11) is 0. The normalized spacial score (nSPS) is 17.5. The van der Waals surface area contributed by atoms with Crippen molar-refractivity contribution in [2.75, 3.05) is 13.1 Å². The molecule has 0 bridgehead atoms. The predicted molar refractivity (Wildman–Crippen MR) is 107 cm³/mol. The average molecular weight is 361 g/mol. The van der Waals surface area contributed by atoms with E-state index in [1.807, 2.05) is 12.1 Å². The number of likely N-dealkylation sites (tertiary alicyclic amines) is 1. The van der Waals surface area contributed by atoms with Crippen LogP contribution < -0.4 is 0 Å². The molecule has 2 heterocycles. The maximum atomic E-state index is 4.54.